The number of carbonyl (C=O) groups excluding carboxylic acids is 1. The van der Waals surface area contributed by atoms with Crippen LogP contribution in [-0.4, -0.2) is 51.9 Å². The minimum atomic E-state index is -0.181. The molecule has 0 N–H and O–H groups in total. The highest BCUT2D eigenvalue weighted by Gasteiger charge is 2.33. The Morgan fingerprint density at radius 3 is 2.96 bits per heavy atom. The second-order valence-corrected chi connectivity index (χ2v) is 6.27. The summed E-state index contributed by atoms with van der Waals surface area (Å²) in [6.07, 6.45) is 0. The predicted octanol–water partition coefficient (Wildman–Crippen LogP) is 1.80. The number of para-hydroxylation sites is 1. The summed E-state index contributed by atoms with van der Waals surface area (Å²) >= 11 is 0. The molecular weight excluding hydrogens is 336 g/mol. The van der Waals surface area contributed by atoms with E-state index in [1.54, 1.807) is 6.07 Å². The number of amides is 1. The van der Waals surface area contributed by atoms with Gasteiger partial charge in [0.15, 0.2) is 23.1 Å². The van der Waals surface area contributed by atoms with Crippen LogP contribution in [0.5, 0.6) is 11.5 Å². The van der Waals surface area contributed by atoms with E-state index >= 15 is 0 Å². The van der Waals surface area contributed by atoms with Crippen LogP contribution >= 0.6 is 0 Å². The third-order valence-corrected chi connectivity index (χ3v) is 4.75. The van der Waals surface area contributed by atoms with Crippen LogP contribution in [0.3, 0.4) is 0 Å². The Morgan fingerprint density at radius 1 is 1.27 bits per heavy atom. The highest BCUT2D eigenvalue weighted by molar-refractivity contribution is 5.98. The fraction of sp³-hybridized carbons (Fsp3) is 0.500. The van der Waals surface area contributed by atoms with Crippen molar-refractivity contribution in [2.75, 3.05) is 26.4 Å². The number of benzene rings is 1. The lowest BCUT2D eigenvalue weighted by Gasteiger charge is -2.34. The van der Waals surface area contributed by atoms with Gasteiger partial charge in [-0.3, -0.25) is 4.79 Å². The van der Waals surface area contributed by atoms with E-state index in [-0.39, 0.29) is 11.9 Å². The molecule has 2 aliphatic heterocycles. The van der Waals surface area contributed by atoms with Crippen LogP contribution < -0.4 is 9.47 Å². The lowest BCUT2D eigenvalue weighted by molar-refractivity contribution is 0.0620. The Kier molecular flexibility index (Phi) is 4.50. The summed E-state index contributed by atoms with van der Waals surface area (Å²) < 4.78 is 18.8. The quantitative estimate of drug-likeness (QED) is 0.829. The van der Waals surface area contributed by atoms with E-state index in [1.807, 2.05) is 35.4 Å². The van der Waals surface area contributed by atoms with Crippen LogP contribution in [0.15, 0.2) is 18.2 Å². The molecule has 1 aromatic heterocycles. The van der Waals surface area contributed by atoms with Crippen LogP contribution in [0.25, 0.3) is 0 Å². The molecular formula is C18H22N4O4. The number of hydrogen-bond acceptors (Lipinski definition) is 6. The van der Waals surface area contributed by atoms with Crippen LogP contribution in [-0.2, 0) is 17.9 Å². The molecule has 138 valence electrons. The smallest absolute Gasteiger partial charge is 0.258 e. The van der Waals surface area contributed by atoms with E-state index in [2.05, 4.69) is 10.2 Å². The monoisotopic (exact) mass is 358 g/mol. The molecule has 0 spiro atoms. The number of rotatable bonds is 4. The van der Waals surface area contributed by atoms with Crippen molar-refractivity contribution in [2.24, 2.45) is 0 Å². The van der Waals surface area contributed by atoms with Gasteiger partial charge in [-0.15, -0.1) is 10.2 Å². The second kappa shape index (κ2) is 6.95. The summed E-state index contributed by atoms with van der Waals surface area (Å²) in [4.78, 5) is 15.0. The standard InChI is InChI=1S/C18H22N4O4/c1-3-24-11-15-19-20-17-12(2)21(7-8-22(15)17)18(23)13-5-4-6-14-16(13)26-10-9-25-14/h4-6,12H,3,7-11H2,1-2H3/t12-/m0/s1. The van der Waals surface area contributed by atoms with E-state index < -0.39 is 0 Å². The number of ether oxygens (including phenoxy) is 3. The molecule has 4 rings (SSSR count). The summed E-state index contributed by atoms with van der Waals surface area (Å²) in [5, 5.41) is 8.52. The summed E-state index contributed by atoms with van der Waals surface area (Å²) in [6.45, 7) is 7.14. The molecule has 1 amide bonds. The largest absolute Gasteiger partial charge is 0.486 e. The maximum absolute atomic E-state index is 13.2. The summed E-state index contributed by atoms with van der Waals surface area (Å²) in [6, 6.07) is 5.24. The third-order valence-electron chi connectivity index (χ3n) is 4.75. The molecule has 0 unspecified atom stereocenters. The molecule has 2 aliphatic rings. The molecule has 0 saturated carbocycles. The second-order valence-electron chi connectivity index (χ2n) is 6.27. The zero-order valence-electron chi connectivity index (χ0n) is 15.0. The average molecular weight is 358 g/mol. The number of fused-ring (bicyclic) bond motifs is 2. The highest BCUT2D eigenvalue weighted by atomic mass is 16.6. The van der Waals surface area contributed by atoms with E-state index in [1.165, 1.54) is 0 Å². The van der Waals surface area contributed by atoms with Gasteiger partial charge in [0.2, 0.25) is 0 Å². The first-order valence-electron chi connectivity index (χ1n) is 8.90. The summed E-state index contributed by atoms with van der Waals surface area (Å²) in [7, 11) is 0. The molecule has 8 nitrogen and oxygen atoms in total. The fourth-order valence-electron chi connectivity index (χ4n) is 3.42. The molecule has 3 heterocycles. The summed E-state index contributed by atoms with van der Waals surface area (Å²) in [5.74, 6) is 2.64. The van der Waals surface area contributed by atoms with Crippen molar-refractivity contribution in [3.63, 3.8) is 0 Å². The van der Waals surface area contributed by atoms with Crippen molar-refractivity contribution >= 4 is 5.91 Å². The molecule has 2 aromatic rings. The lowest BCUT2D eigenvalue weighted by Crippen LogP contribution is -2.41. The molecule has 0 bridgehead atoms. The van der Waals surface area contributed by atoms with Gasteiger partial charge in [-0.25, -0.2) is 0 Å². The van der Waals surface area contributed by atoms with Crippen LogP contribution in [0.4, 0.5) is 0 Å². The molecule has 1 aromatic carbocycles. The molecule has 1 atom stereocenters. The lowest BCUT2D eigenvalue weighted by atomic mass is 10.1. The number of aromatic nitrogens is 3. The first-order chi connectivity index (χ1) is 12.7. The molecule has 0 saturated heterocycles. The maximum atomic E-state index is 13.2. The van der Waals surface area contributed by atoms with Crippen LogP contribution in [0.2, 0.25) is 0 Å². The Hall–Kier alpha value is -2.61. The number of hydrogen-bond donors (Lipinski definition) is 0. The van der Waals surface area contributed by atoms with Gasteiger partial charge in [-0.05, 0) is 26.0 Å². The zero-order chi connectivity index (χ0) is 18.1. The summed E-state index contributed by atoms with van der Waals surface area (Å²) in [5.41, 5.74) is 0.525. The van der Waals surface area contributed by atoms with Gasteiger partial charge in [-0.2, -0.15) is 0 Å². The van der Waals surface area contributed by atoms with Gasteiger partial charge >= 0.3 is 0 Å². The Balaban J connectivity index is 1.60. The molecule has 0 fully saturated rings. The molecule has 0 radical (unpaired) electrons. The van der Waals surface area contributed by atoms with Gasteiger partial charge in [0.25, 0.3) is 5.91 Å². The van der Waals surface area contributed by atoms with E-state index in [9.17, 15) is 4.79 Å². The molecule has 0 aliphatic carbocycles. The molecule has 8 heteroatoms. The Labute approximate surface area is 151 Å². The van der Waals surface area contributed by atoms with Gasteiger partial charge in [-0.1, -0.05) is 6.07 Å². The minimum Gasteiger partial charge on any atom is -0.486 e. The van der Waals surface area contributed by atoms with E-state index in [4.69, 9.17) is 14.2 Å². The number of nitrogens with zero attached hydrogens (tertiary/aromatic N) is 4. The van der Waals surface area contributed by atoms with Crippen molar-refractivity contribution in [1.82, 2.24) is 19.7 Å². The Bertz CT molecular complexity index is 820. The van der Waals surface area contributed by atoms with Crippen molar-refractivity contribution < 1.29 is 19.0 Å². The SMILES string of the molecule is CCOCc1nnc2n1CCN(C(=O)c1cccc3c1OCCO3)[C@H]2C. The third kappa shape index (κ3) is 2.80. The van der Waals surface area contributed by atoms with Crippen LogP contribution in [0.1, 0.15) is 41.9 Å². The average Bonchev–Trinajstić information content (AvgIpc) is 3.09. The molecule has 26 heavy (non-hydrogen) atoms. The Morgan fingerprint density at radius 2 is 2.12 bits per heavy atom. The van der Waals surface area contributed by atoms with Crippen molar-refractivity contribution in [1.29, 1.82) is 0 Å². The van der Waals surface area contributed by atoms with Crippen molar-refractivity contribution in [2.45, 2.75) is 33.0 Å². The maximum Gasteiger partial charge on any atom is 0.258 e. The predicted molar refractivity (Wildman–Crippen MR) is 92.2 cm³/mol. The van der Waals surface area contributed by atoms with Gasteiger partial charge in [0.05, 0.1) is 11.6 Å². The zero-order valence-corrected chi connectivity index (χ0v) is 15.0. The van der Waals surface area contributed by atoms with E-state index in [0.29, 0.717) is 56.6 Å². The van der Waals surface area contributed by atoms with Gasteiger partial charge in [0, 0.05) is 19.7 Å². The van der Waals surface area contributed by atoms with Crippen molar-refractivity contribution in [3.8, 4) is 11.5 Å². The van der Waals surface area contributed by atoms with Gasteiger partial charge in [0.1, 0.15) is 19.8 Å². The first kappa shape index (κ1) is 16.8. The fourth-order valence-corrected chi connectivity index (χ4v) is 3.42. The topological polar surface area (TPSA) is 78.7 Å². The number of carbonyl (C=O) groups is 1. The van der Waals surface area contributed by atoms with Crippen LogP contribution in [0, 0.1) is 0 Å². The van der Waals surface area contributed by atoms with Gasteiger partial charge < -0.3 is 23.7 Å². The van der Waals surface area contributed by atoms with E-state index in [0.717, 1.165) is 11.6 Å². The first-order valence-corrected chi connectivity index (χ1v) is 8.90. The normalized spacial score (nSPS) is 18.5. The minimum absolute atomic E-state index is 0.0829. The van der Waals surface area contributed by atoms with Crippen molar-refractivity contribution in [3.05, 3.63) is 35.4 Å². The highest BCUT2D eigenvalue weighted by Crippen LogP contribution is 2.36.